The van der Waals surface area contributed by atoms with Crippen LogP contribution in [0.1, 0.15) is 12.0 Å². The molecular weight excluding hydrogens is 234 g/mol. The molecule has 0 aliphatic rings. The van der Waals surface area contributed by atoms with Crippen molar-refractivity contribution in [3.8, 4) is 11.1 Å². The van der Waals surface area contributed by atoms with Crippen LogP contribution < -0.4 is 0 Å². The van der Waals surface area contributed by atoms with Crippen LogP contribution >= 0.6 is 0 Å². The van der Waals surface area contributed by atoms with Crippen LogP contribution in [0.4, 0.5) is 8.78 Å². The van der Waals surface area contributed by atoms with E-state index in [1.165, 1.54) is 12.3 Å². The first kappa shape index (κ1) is 10.9. The van der Waals surface area contributed by atoms with E-state index in [1.807, 2.05) is 30.5 Å². The zero-order valence-electron chi connectivity index (χ0n) is 9.40. The molecule has 0 aliphatic heterocycles. The third kappa shape index (κ3) is 1.76. The van der Waals surface area contributed by atoms with E-state index in [9.17, 15) is 8.78 Å². The van der Waals surface area contributed by atoms with Gasteiger partial charge < -0.3 is 4.98 Å². The highest BCUT2D eigenvalue weighted by molar-refractivity contribution is 5.94. The second kappa shape index (κ2) is 4.22. The quantitative estimate of drug-likeness (QED) is 0.720. The molecule has 0 aliphatic carbocycles. The minimum atomic E-state index is -2.50. The lowest BCUT2D eigenvalue weighted by Gasteiger charge is -2.05. The van der Waals surface area contributed by atoms with E-state index in [0.717, 1.165) is 16.5 Å². The topological polar surface area (TPSA) is 28.7 Å². The van der Waals surface area contributed by atoms with Crippen molar-refractivity contribution in [3.05, 3.63) is 54.5 Å². The fourth-order valence-corrected chi connectivity index (χ4v) is 2.06. The maximum atomic E-state index is 12.7. The molecule has 4 heteroatoms. The van der Waals surface area contributed by atoms with Crippen molar-refractivity contribution in [2.24, 2.45) is 0 Å². The number of pyridine rings is 1. The maximum absolute atomic E-state index is 12.7. The second-order valence-electron chi connectivity index (χ2n) is 4.05. The molecule has 3 rings (SSSR count). The van der Waals surface area contributed by atoms with E-state index >= 15 is 0 Å². The molecule has 0 amide bonds. The predicted octanol–water partition coefficient (Wildman–Crippen LogP) is 4.17. The molecule has 1 N–H and O–H groups in total. The number of hydrogen-bond acceptors (Lipinski definition) is 1. The summed E-state index contributed by atoms with van der Waals surface area (Å²) in [6, 6.07) is 9.16. The molecule has 2 nitrogen and oxygen atoms in total. The van der Waals surface area contributed by atoms with Crippen LogP contribution in [0.25, 0.3) is 22.0 Å². The minimum Gasteiger partial charge on any atom is -0.361 e. The van der Waals surface area contributed by atoms with Crippen molar-refractivity contribution in [1.29, 1.82) is 0 Å². The van der Waals surface area contributed by atoms with Crippen LogP contribution in [-0.4, -0.2) is 9.97 Å². The Kier molecular flexibility index (Phi) is 2.55. The highest BCUT2D eigenvalue weighted by atomic mass is 19.3. The Morgan fingerprint density at radius 2 is 2.00 bits per heavy atom. The van der Waals surface area contributed by atoms with E-state index in [-0.39, 0.29) is 5.56 Å². The fourth-order valence-electron chi connectivity index (χ4n) is 2.06. The molecule has 0 fully saturated rings. The maximum Gasteiger partial charge on any atom is 0.265 e. The number of nitrogens with zero attached hydrogens (tertiary/aromatic N) is 1. The first-order chi connectivity index (χ1) is 8.75. The number of aromatic nitrogens is 2. The normalized spacial score (nSPS) is 11.3. The number of nitrogens with one attached hydrogen (secondary N) is 1. The molecular formula is C14H10F2N2. The van der Waals surface area contributed by atoms with E-state index in [1.54, 1.807) is 6.20 Å². The van der Waals surface area contributed by atoms with Crippen LogP contribution in [0.15, 0.2) is 48.9 Å². The number of benzene rings is 1. The summed E-state index contributed by atoms with van der Waals surface area (Å²) in [4.78, 5) is 6.98. The summed E-state index contributed by atoms with van der Waals surface area (Å²) in [6.07, 6.45) is 2.14. The van der Waals surface area contributed by atoms with Crippen molar-refractivity contribution in [2.45, 2.75) is 6.43 Å². The second-order valence-corrected chi connectivity index (χ2v) is 4.05. The zero-order chi connectivity index (χ0) is 12.5. The van der Waals surface area contributed by atoms with Gasteiger partial charge in [-0.15, -0.1) is 0 Å². The van der Waals surface area contributed by atoms with Gasteiger partial charge in [-0.1, -0.05) is 12.1 Å². The number of H-pyrrole nitrogens is 1. The van der Waals surface area contributed by atoms with Crippen LogP contribution in [0.2, 0.25) is 0 Å². The molecule has 2 aromatic heterocycles. The predicted molar refractivity (Wildman–Crippen MR) is 66.5 cm³/mol. The summed E-state index contributed by atoms with van der Waals surface area (Å²) >= 11 is 0. The lowest BCUT2D eigenvalue weighted by molar-refractivity contribution is 0.151. The molecule has 2 heterocycles. The summed E-state index contributed by atoms with van der Waals surface area (Å²) in [7, 11) is 0. The van der Waals surface area contributed by atoms with Gasteiger partial charge in [0.1, 0.15) is 0 Å². The first-order valence-corrected chi connectivity index (χ1v) is 5.55. The molecule has 18 heavy (non-hydrogen) atoms. The summed E-state index contributed by atoms with van der Waals surface area (Å²) in [5.41, 5.74) is 2.54. The number of halogens is 2. The SMILES string of the molecule is FC(F)c1cncc(-c2cccc3[nH]ccc23)c1. The molecule has 3 aromatic rings. The molecule has 0 spiro atoms. The van der Waals surface area contributed by atoms with Gasteiger partial charge in [0.2, 0.25) is 0 Å². The van der Waals surface area contributed by atoms with Gasteiger partial charge in [0, 0.05) is 40.6 Å². The Bertz CT molecular complexity index is 689. The number of hydrogen-bond donors (Lipinski definition) is 1. The van der Waals surface area contributed by atoms with Crippen molar-refractivity contribution in [3.63, 3.8) is 0 Å². The van der Waals surface area contributed by atoms with Gasteiger partial charge in [-0.25, -0.2) is 8.78 Å². The van der Waals surface area contributed by atoms with E-state index in [2.05, 4.69) is 9.97 Å². The summed E-state index contributed by atoms with van der Waals surface area (Å²) < 4.78 is 25.3. The Morgan fingerprint density at radius 1 is 1.11 bits per heavy atom. The Balaban J connectivity index is 2.20. The average molecular weight is 244 g/mol. The van der Waals surface area contributed by atoms with Crippen LogP contribution in [0.5, 0.6) is 0 Å². The Labute approximate surface area is 102 Å². The molecule has 0 bridgehead atoms. The minimum absolute atomic E-state index is 0.0555. The lowest BCUT2D eigenvalue weighted by atomic mass is 10.0. The number of aromatic amines is 1. The van der Waals surface area contributed by atoms with Gasteiger partial charge in [-0.3, -0.25) is 4.98 Å². The largest absolute Gasteiger partial charge is 0.361 e. The van der Waals surface area contributed by atoms with Gasteiger partial charge in [-0.05, 0) is 23.8 Å². The van der Waals surface area contributed by atoms with Crippen LogP contribution in [0, 0.1) is 0 Å². The monoisotopic (exact) mass is 244 g/mol. The Morgan fingerprint density at radius 3 is 2.83 bits per heavy atom. The lowest BCUT2D eigenvalue weighted by Crippen LogP contribution is -1.88. The van der Waals surface area contributed by atoms with Gasteiger partial charge in [0.15, 0.2) is 0 Å². The molecule has 0 unspecified atom stereocenters. The summed E-state index contributed by atoms with van der Waals surface area (Å²) in [5.74, 6) is 0. The molecule has 0 radical (unpaired) electrons. The standard InChI is InChI=1S/C14H10F2N2/c15-14(16)10-6-9(7-17-8-10)11-2-1-3-13-12(11)4-5-18-13/h1-8,14,18H. The number of fused-ring (bicyclic) bond motifs is 1. The third-order valence-corrected chi connectivity index (χ3v) is 2.92. The van der Waals surface area contributed by atoms with Crippen molar-refractivity contribution >= 4 is 10.9 Å². The van der Waals surface area contributed by atoms with Gasteiger partial charge in [0.05, 0.1) is 0 Å². The van der Waals surface area contributed by atoms with Crippen LogP contribution in [0.3, 0.4) is 0 Å². The number of rotatable bonds is 2. The highest BCUT2D eigenvalue weighted by Crippen LogP contribution is 2.29. The van der Waals surface area contributed by atoms with Crippen molar-refractivity contribution in [2.75, 3.05) is 0 Å². The van der Waals surface area contributed by atoms with E-state index in [0.29, 0.717) is 5.56 Å². The molecule has 1 aromatic carbocycles. The number of alkyl halides is 2. The Hall–Kier alpha value is -2.23. The summed E-state index contributed by atoms with van der Waals surface area (Å²) in [5, 5.41) is 1.01. The smallest absolute Gasteiger partial charge is 0.265 e. The van der Waals surface area contributed by atoms with E-state index in [4.69, 9.17) is 0 Å². The molecule has 0 atom stereocenters. The summed E-state index contributed by atoms with van der Waals surface area (Å²) in [6.45, 7) is 0. The third-order valence-electron chi connectivity index (χ3n) is 2.92. The van der Waals surface area contributed by atoms with Gasteiger partial charge in [-0.2, -0.15) is 0 Å². The van der Waals surface area contributed by atoms with Crippen LogP contribution in [-0.2, 0) is 0 Å². The highest BCUT2D eigenvalue weighted by Gasteiger charge is 2.10. The van der Waals surface area contributed by atoms with Crippen molar-refractivity contribution in [1.82, 2.24) is 9.97 Å². The van der Waals surface area contributed by atoms with Crippen molar-refractivity contribution < 1.29 is 8.78 Å². The molecule has 0 saturated heterocycles. The molecule has 90 valence electrons. The molecule has 0 saturated carbocycles. The van der Waals surface area contributed by atoms with E-state index < -0.39 is 6.43 Å². The zero-order valence-corrected chi connectivity index (χ0v) is 9.40. The fraction of sp³-hybridized carbons (Fsp3) is 0.0714. The first-order valence-electron chi connectivity index (χ1n) is 5.55. The van der Waals surface area contributed by atoms with Gasteiger partial charge >= 0.3 is 0 Å². The van der Waals surface area contributed by atoms with Gasteiger partial charge in [0.25, 0.3) is 6.43 Å². The average Bonchev–Trinajstić information content (AvgIpc) is 2.87.